The average Bonchev–Trinajstić information content (AvgIpc) is 3.07. The Morgan fingerprint density at radius 1 is 1.06 bits per heavy atom. The van der Waals surface area contributed by atoms with E-state index in [0.717, 1.165) is 16.6 Å². The summed E-state index contributed by atoms with van der Waals surface area (Å²) in [6.07, 6.45) is 3.71. The quantitative estimate of drug-likeness (QED) is 0.131. The van der Waals surface area contributed by atoms with Gasteiger partial charge in [0.25, 0.3) is 11.7 Å². The average molecular weight is 660 g/mol. The zero-order valence-electron chi connectivity index (χ0n) is 27.2. The molecule has 248 valence electrons. The lowest BCUT2D eigenvalue weighted by atomic mass is 9.86. The number of amides is 1. The van der Waals surface area contributed by atoms with E-state index >= 15 is 0 Å². The van der Waals surface area contributed by atoms with E-state index in [9.17, 15) is 18.4 Å². The molecule has 2 heterocycles. The van der Waals surface area contributed by atoms with Crippen LogP contribution in [-0.2, 0) is 26.2 Å². The molecule has 0 radical (unpaired) electrons. The lowest BCUT2D eigenvalue weighted by molar-refractivity contribution is -0.112. The highest BCUT2D eigenvalue weighted by Gasteiger charge is 2.28. The van der Waals surface area contributed by atoms with Crippen molar-refractivity contribution < 1.29 is 27.8 Å². The molecule has 12 nitrogen and oxygen atoms in total. The number of hydrogen-bond acceptors (Lipinski definition) is 10. The summed E-state index contributed by atoms with van der Waals surface area (Å²) in [6.45, 7) is 10.4. The standard InChI is InChI=1S/C34H40N6O6S/c1-6-15-39(47(43)44)29-21-23(34(2,3)4)20-27(32(29)45-5)37-33(42)31(41)26-11-12-28(25-10-8-7-9-24(25)26)40(30-13-14-35-22-36-30)38-16-18-46-19-17-38/h7-14,20-22H,6,15-19H2,1-5H3,(H,37,42)(H,43,44)/p-1. The van der Waals surface area contributed by atoms with E-state index in [0.29, 0.717) is 43.9 Å². The lowest BCUT2D eigenvalue weighted by Gasteiger charge is -2.38. The molecule has 0 saturated carbocycles. The Hall–Kier alpha value is -4.43. The van der Waals surface area contributed by atoms with Crippen LogP contribution in [0.15, 0.2) is 67.1 Å². The number of carbonyl (C=O) groups is 2. The topological polar surface area (TPSA) is 140 Å². The largest absolute Gasteiger partial charge is 0.755 e. The van der Waals surface area contributed by atoms with Gasteiger partial charge in [-0.15, -0.1) is 0 Å². The Morgan fingerprint density at radius 2 is 1.79 bits per heavy atom. The summed E-state index contributed by atoms with van der Waals surface area (Å²) in [6, 6.07) is 16.1. The van der Waals surface area contributed by atoms with Crippen molar-refractivity contribution >= 4 is 56.6 Å². The number of ether oxygens (including phenoxy) is 2. The first-order chi connectivity index (χ1) is 22.5. The van der Waals surface area contributed by atoms with Gasteiger partial charge in [0.1, 0.15) is 6.33 Å². The van der Waals surface area contributed by atoms with E-state index < -0.39 is 28.4 Å². The number of morpholine rings is 1. The number of nitrogens with zero attached hydrogens (tertiary/aromatic N) is 5. The molecule has 0 aliphatic carbocycles. The van der Waals surface area contributed by atoms with Crippen LogP contribution in [0.4, 0.5) is 22.9 Å². The molecule has 1 aliphatic heterocycles. The van der Waals surface area contributed by atoms with Crippen molar-refractivity contribution in [3.8, 4) is 5.75 Å². The number of carbonyl (C=O) groups excluding carboxylic acids is 2. The van der Waals surface area contributed by atoms with Gasteiger partial charge < -0.3 is 19.3 Å². The fourth-order valence-electron chi connectivity index (χ4n) is 5.57. The van der Waals surface area contributed by atoms with E-state index in [-0.39, 0.29) is 29.2 Å². The second kappa shape index (κ2) is 14.6. The molecule has 47 heavy (non-hydrogen) atoms. The van der Waals surface area contributed by atoms with Crippen LogP contribution < -0.4 is 19.4 Å². The number of Topliss-reactive ketones (excluding diaryl/α,β-unsaturated/α-hetero) is 1. The number of fused-ring (bicyclic) bond motifs is 1. The van der Waals surface area contributed by atoms with E-state index in [1.54, 1.807) is 24.4 Å². The zero-order valence-corrected chi connectivity index (χ0v) is 28.0. The number of hydrazine groups is 1. The van der Waals surface area contributed by atoms with Gasteiger partial charge in [-0.1, -0.05) is 52.0 Å². The number of aromatic nitrogens is 2. The number of methoxy groups -OCH3 is 1. The molecule has 1 amide bonds. The van der Waals surface area contributed by atoms with Crippen LogP contribution >= 0.6 is 0 Å². The van der Waals surface area contributed by atoms with E-state index in [1.807, 2.05) is 69.1 Å². The number of nitrogens with one attached hydrogen (secondary N) is 1. The van der Waals surface area contributed by atoms with Crippen LogP contribution in [0.5, 0.6) is 5.75 Å². The van der Waals surface area contributed by atoms with E-state index in [1.165, 1.54) is 17.7 Å². The first-order valence-electron chi connectivity index (χ1n) is 15.4. The molecule has 13 heteroatoms. The molecule has 1 aliphatic rings. The second-order valence-electron chi connectivity index (χ2n) is 12.1. The molecule has 0 spiro atoms. The van der Waals surface area contributed by atoms with Crippen LogP contribution in [0.25, 0.3) is 10.8 Å². The first kappa shape index (κ1) is 33.9. The summed E-state index contributed by atoms with van der Waals surface area (Å²) in [5, 5.41) is 8.20. The van der Waals surface area contributed by atoms with Crippen LogP contribution in [0.1, 0.15) is 50.0 Å². The van der Waals surface area contributed by atoms with Crippen molar-refractivity contribution in [2.75, 3.05) is 54.6 Å². The number of benzene rings is 3. The second-order valence-corrected chi connectivity index (χ2v) is 12.9. The zero-order chi connectivity index (χ0) is 33.7. The maximum Gasteiger partial charge on any atom is 0.296 e. The van der Waals surface area contributed by atoms with Gasteiger partial charge in [0, 0.05) is 54.1 Å². The molecular formula is C34H39N6O6S-. The van der Waals surface area contributed by atoms with Gasteiger partial charge in [-0.3, -0.25) is 23.1 Å². The fraction of sp³-hybridized carbons (Fsp3) is 0.353. The molecular weight excluding hydrogens is 620 g/mol. The van der Waals surface area contributed by atoms with Crippen molar-refractivity contribution in [2.45, 2.75) is 39.5 Å². The molecule has 1 saturated heterocycles. The highest BCUT2D eigenvalue weighted by molar-refractivity contribution is 7.80. The Morgan fingerprint density at radius 3 is 2.40 bits per heavy atom. The molecule has 0 bridgehead atoms. The molecule has 1 N–H and O–H groups in total. The number of ketones is 1. The van der Waals surface area contributed by atoms with Gasteiger partial charge in [-0.25, -0.2) is 15.0 Å². The smallest absolute Gasteiger partial charge is 0.296 e. The summed E-state index contributed by atoms with van der Waals surface area (Å²) in [5.41, 5.74) is 1.82. The fourth-order valence-corrected chi connectivity index (χ4v) is 6.20. The van der Waals surface area contributed by atoms with E-state index in [2.05, 4.69) is 20.3 Å². The summed E-state index contributed by atoms with van der Waals surface area (Å²) in [4.78, 5) is 36.2. The van der Waals surface area contributed by atoms with Gasteiger partial charge in [-0.05, 0) is 47.1 Å². The van der Waals surface area contributed by atoms with Crippen molar-refractivity contribution in [1.82, 2.24) is 15.0 Å². The minimum absolute atomic E-state index is 0.142. The van der Waals surface area contributed by atoms with Crippen molar-refractivity contribution in [3.63, 3.8) is 0 Å². The summed E-state index contributed by atoms with van der Waals surface area (Å²) < 4.78 is 36.9. The number of anilines is 4. The highest BCUT2D eigenvalue weighted by Crippen LogP contribution is 2.41. The van der Waals surface area contributed by atoms with Crippen LogP contribution in [0.3, 0.4) is 0 Å². The minimum Gasteiger partial charge on any atom is -0.755 e. The third kappa shape index (κ3) is 7.28. The van der Waals surface area contributed by atoms with Gasteiger partial charge in [0.2, 0.25) is 0 Å². The number of hydrogen-bond donors (Lipinski definition) is 1. The molecule has 1 atom stereocenters. The third-order valence-corrected chi connectivity index (χ3v) is 8.64. The highest BCUT2D eigenvalue weighted by atomic mass is 32.2. The number of rotatable bonds is 11. The van der Waals surface area contributed by atoms with E-state index in [4.69, 9.17) is 9.47 Å². The Kier molecular flexibility index (Phi) is 10.5. The monoisotopic (exact) mass is 659 g/mol. The van der Waals surface area contributed by atoms with Gasteiger partial charge in [0.15, 0.2) is 11.6 Å². The molecule has 4 aromatic rings. The predicted octanol–water partition coefficient (Wildman–Crippen LogP) is 5.15. The maximum absolute atomic E-state index is 13.9. The van der Waals surface area contributed by atoms with Crippen LogP contribution in [-0.4, -0.2) is 75.4 Å². The Balaban J connectivity index is 1.56. The summed E-state index contributed by atoms with van der Waals surface area (Å²) in [5.74, 6) is -0.843. The maximum atomic E-state index is 13.9. The summed E-state index contributed by atoms with van der Waals surface area (Å²) >= 11 is -2.60. The molecule has 1 fully saturated rings. The first-order valence-corrected chi connectivity index (χ1v) is 16.4. The van der Waals surface area contributed by atoms with Gasteiger partial charge in [0.05, 0.1) is 37.4 Å². The SMILES string of the molecule is CCCN(c1cc(C(C)(C)C)cc(NC(=O)C(=O)c2ccc(N(c3ccncn3)N3CCOCC3)c3ccccc23)c1OC)S(=O)[O-]. The van der Waals surface area contributed by atoms with Gasteiger partial charge in [-0.2, -0.15) is 0 Å². The van der Waals surface area contributed by atoms with Crippen LogP contribution in [0.2, 0.25) is 0 Å². The van der Waals surface area contributed by atoms with Crippen LogP contribution in [0, 0.1) is 0 Å². The van der Waals surface area contributed by atoms with Crippen molar-refractivity contribution in [3.05, 3.63) is 78.2 Å². The van der Waals surface area contributed by atoms with Gasteiger partial charge >= 0.3 is 0 Å². The molecule has 1 unspecified atom stereocenters. The third-order valence-electron chi connectivity index (χ3n) is 7.90. The Bertz CT molecular complexity index is 1770. The van der Waals surface area contributed by atoms with Crippen molar-refractivity contribution in [2.24, 2.45) is 0 Å². The molecule has 5 rings (SSSR count). The lowest BCUT2D eigenvalue weighted by Crippen LogP contribution is -2.47. The summed E-state index contributed by atoms with van der Waals surface area (Å²) in [7, 11) is 1.40. The molecule has 1 aromatic heterocycles. The minimum atomic E-state index is -2.60. The normalized spacial score (nSPS) is 14.4. The Labute approximate surface area is 277 Å². The molecule has 3 aromatic carbocycles. The van der Waals surface area contributed by atoms with Crippen molar-refractivity contribution in [1.29, 1.82) is 0 Å². The predicted molar refractivity (Wildman–Crippen MR) is 182 cm³/mol.